The molecule has 1 atom stereocenters. The van der Waals surface area contributed by atoms with Gasteiger partial charge in [-0.3, -0.25) is 9.69 Å². The summed E-state index contributed by atoms with van der Waals surface area (Å²) in [6.07, 6.45) is 0.614. The average Bonchev–Trinajstić information content (AvgIpc) is 2.91. The molecule has 2 aromatic rings. The molecule has 1 unspecified atom stereocenters. The highest BCUT2D eigenvalue weighted by Gasteiger charge is 2.32. The monoisotopic (exact) mass is 383 g/mol. The van der Waals surface area contributed by atoms with E-state index in [1.807, 2.05) is 17.0 Å². The molecule has 1 aromatic heterocycles. The Bertz CT molecular complexity index is 703. The number of fused-ring (bicyclic) bond motifs is 1. The number of hydrogen-bond donors (Lipinski definition) is 0. The van der Waals surface area contributed by atoms with Gasteiger partial charge in [0.05, 0.1) is 7.11 Å². The SMILES string of the molecule is COC(=O)C1Cc2ccc(Br)cc2CN1Cc1ccc(F)s1. The van der Waals surface area contributed by atoms with Crippen molar-refractivity contribution < 1.29 is 13.9 Å². The van der Waals surface area contributed by atoms with Crippen LogP contribution in [-0.2, 0) is 29.0 Å². The van der Waals surface area contributed by atoms with Gasteiger partial charge in [0.1, 0.15) is 6.04 Å². The summed E-state index contributed by atoms with van der Waals surface area (Å²) >= 11 is 4.60. The molecule has 3 nitrogen and oxygen atoms in total. The minimum Gasteiger partial charge on any atom is -0.468 e. The molecule has 0 saturated heterocycles. The first-order valence-electron chi connectivity index (χ1n) is 6.90. The first-order valence-corrected chi connectivity index (χ1v) is 8.51. The van der Waals surface area contributed by atoms with E-state index in [0.29, 0.717) is 19.5 Å². The van der Waals surface area contributed by atoms with Crippen molar-refractivity contribution in [2.75, 3.05) is 7.11 Å². The Morgan fingerprint density at radius 2 is 2.23 bits per heavy atom. The molecule has 22 heavy (non-hydrogen) atoms. The number of ether oxygens (including phenoxy) is 1. The fourth-order valence-corrected chi connectivity index (χ4v) is 3.94. The van der Waals surface area contributed by atoms with Crippen LogP contribution in [0.5, 0.6) is 0 Å². The first kappa shape index (κ1) is 15.6. The second kappa shape index (κ2) is 6.48. The van der Waals surface area contributed by atoms with Crippen molar-refractivity contribution in [1.82, 2.24) is 4.90 Å². The molecule has 0 saturated carbocycles. The molecule has 1 aliphatic rings. The highest BCUT2D eigenvalue weighted by atomic mass is 79.9. The van der Waals surface area contributed by atoms with Gasteiger partial charge < -0.3 is 4.74 Å². The Labute approximate surface area is 140 Å². The standard InChI is InChI=1S/C16H15BrFNO2S/c1-21-16(20)14-7-10-2-3-12(17)6-11(10)8-19(14)9-13-4-5-15(18)22-13/h2-6,14H,7-9H2,1H3. The average molecular weight is 384 g/mol. The molecular formula is C16H15BrFNO2S. The van der Waals surface area contributed by atoms with Crippen molar-refractivity contribution in [1.29, 1.82) is 0 Å². The predicted octanol–water partition coefficient (Wildman–Crippen LogP) is 3.75. The third kappa shape index (κ3) is 3.24. The lowest BCUT2D eigenvalue weighted by Crippen LogP contribution is -2.45. The number of thiophene rings is 1. The van der Waals surface area contributed by atoms with E-state index in [2.05, 4.69) is 22.0 Å². The summed E-state index contributed by atoms with van der Waals surface area (Å²) < 4.78 is 19.2. The minimum atomic E-state index is -0.330. The van der Waals surface area contributed by atoms with E-state index in [9.17, 15) is 9.18 Å². The molecule has 0 bridgehead atoms. The van der Waals surface area contributed by atoms with Crippen LogP contribution >= 0.6 is 27.3 Å². The third-order valence-corrected chi connectivity index (χ3v) is 5.21. The van der Waals surface area contributed by atoms with Crippen LogP contribution in [0.4, 0.5) is 4.39 Å². The highest BCUT2D eigenvalue weighted by Crippen LogP contribution is 2.29. The van der Waals surface area contributed by atoms with Crippen molar-refractivity contribution >= 4 is 33.2 Å². The van der Waals surface area contributed by atoms with E-state index in [0.717, 1.165) is 26.3 Å². The van der Waals surface area contributed by atoms with Crippen LogP contribution in [0.3, 0.4) is 0 Å². The van der Waals surface area contributed by atoms with Gasteiger partial charge in [-0.05, 0) is 41.8 Å². The number of rotatable bonds is 3. The molecule has 6 heteroatoms. The third-order valence-electron chi connectivity index (χ3n) is 3.86. The topological polar surface area (TPSA) is 29.5 Å². The number of carbonyl (C=O) groups excluding carboxylic acids is 1. The first-order chi connectivity index (χ1) is 10.6. The summed E-state index contributed by atoms with van der Waals surface area (Å²) in [5.41, 5.74) is 2.35. The number of hydrogen-bond acceptors (Lipinski definition) is 4. The summed E-state index contributed by atoms with van der Waals surface area (Å²) in [6, 6.07) is 9.00. The maximum absolute atomic E-state index is 13.2. The highest BCUT2D eigenvalue weighted by molar-refractivity contribution is 9.10. The summed E-state index contributed by atoms with van der Waals surface area (Å²) in [5.74, 6) is -0.245. The largest absolute Gasteiger partial charge is 0.468 e. The zero-order chi connectivity index (χ0) is 15.7. The number of benzene rings is 1. The van der Waals surface area contributed by atoms with Gasteiger partial charge in [-0.25, -0.2) is 0 Å². The Morgan fingerprint density at radius 1 is 1.41 bits per heavy atom. The van der Waals surface area contributed by atoms with Crippen LogP contribution < -0.4 is 0 Å². The van der Waals surface area contributed by atoms with Gasteiger partial charge in [0.25, 0.3) is 0 Å². The lowest BCUT2D eigenvalue weighted by molar-refractivity contribution is -0.147. The fraction of sp³-hybridized carbons (Fsp3) is 0.312. The van der Waals surface area contributed by atoms with Gasteiger partial charge in [0.2, 0.25) is 0 Å². The van der Waals surface area contributed by atoms with Gasteiger partial charge in [-0.1, -0.05) is 22.0 Å². The molecule has 0 radical (unpaired) electrons. The van der Waals surface area contributed by atoms with Gasteiger partial charge >= 0.3 is 5.97 Å². The van der Waals surface area contributed by atoms with E-state index in [4.69, 9.17) is 4.74 Å². The number of halogens is 2. The second-order valence-electron chi connectivity index (χ2n) is 5.27. The summed E-state index contributed by atoms with van der Waals surface area (Å²) in [4.78, 5) is 15.1. The zero-order valence-corrected chi connectivity index (χ0v) is 14.4. The van der Waals surface area contributed by atoms with Crippen LogP contribution in [0, 0.1) is 5.13 Å². The number of nitrogens with zero attached hydrogens (tertiary/aromatic N) is 1. The Kier molecular flexibility index (Phi) is 4.61. The number of methoxy groups -OCH3 is 1. The molecule has 1 aromatic carbocycles. The number of esters is 1. The van der Waals surface area contributed by atoms with Crippen molar-refractivity contribution in [2.45, 2.75) is 25.6 Å². The van der Waals surface area contributed by atoms with Crippen LogP contribution in [-0.4, -0.2) is 24.0 Å². The lowest BCUT2D eigenvalue weighted by Gasteiger charge is -2.34. The van der Waals surface area contributed by atoms with Crippen LogP contribution in [0.2, 0.25) is 0 Å². The Morgan fingerprint density at radius 3 is 2.91 bits per heavy atom. The fourth-order valence-electron chi connectivity index (χ4n) is 2.78. The van der Waals surface area contributed by atoms with Gasteiger partial charge in [-0.15, -0.1) is 11.3 Å². The lowest BCUT2D eigenvalue weighted by atomic mass is 9.94. The van der Waals surface area contributed by atoms with Crippen LogP contribution in [0.1, 0.15) is 16.0 Å². The van der Waals surface area contributed by atoms with Crippen molar-refractivity contribution in [2.24, 2.45) is 0 Å². The van der Waals surface area contributed by atoms with E-state index in [-0.39, 0.29) is 17.1 Å². The predicted molar refractivity (Wildman–Crippen MR) is 87.2 cm³/mol. The summed E-state index contributed by atoms with van der Waals surface area (Å²) in [5, 5.41) is -0.204. The molecule has 1 aliphatic heterocycles. The van der Waals surface area contributed by atoms with E-state index in [1.54, 1.807) is 6.07 Å². The van der Waals surface area contributed by atoms with Crippen molar-refractivity contribution in [3.05, 3.63) is 55.9 Å². The van der Waals surface area contributed by atoms with Gasteiger partial charge in [0.15, 0.2) is 5.13 Å². The molecule has 0 N–H and O–H groups in total. The summed E-state index contributed by atoms with van der Waals surface area (Å²) in [6.45, 7) is 1.19. The normalized spacial score (nSPS) is 18.0. The van der Waals surface area contributed by atoms with Crippen molar-refractivity contribution in [3.63, 3.8) is 0 Å². The van der Waals surface area contributed by atoms with Crippen LogP contribution in [0.25, 0.3) is 0 Å². The molecule has 0 spiro atoms. The van der Waals surface area contributed by atoms with E-state index >= 15 is 0 Å². The Hall–Kier alpha value is -1.24. The molecule has 0 aliphatic carbocycles. The maximum Gasteiger partial charge on any atom is 0.323 e. The quantitative estimate of drug-likeness (QED) is 0.755. The molecule has 116 valence electrons. The number of carbonyl (C=O) groups is 1. The zero-order valence-electron chi connectivity index (χ0n) is 12.0. The van der Waals surface area contributed by atoms with Crippen LogP contribution in [0.15, 0.2) is 34.8 Å². The van der Waals surface area contributed by atoms with E-state index in [1.165, 1.54) is 18.7 Å². The molecule has 0 fully saturated rings. The Balaban J connectivity index is 1.89. The summed E-state index contributed by atoms with van der Waals surface area (Å²) in [7, 11) is 1.41. The second-order valence-corrected chi connectivity index (χ2v) is 7.30. The van der Waals surface area contributed by atoms with Crippen molar-refractivity contribution in [3.8, 4) is 0 Å². The molecular weight excluding hydrogens is 369 g/mol. The minimum absolute atomic E-state index is 0.204. The van der Waals surface area contributed by atoms with Gasteiger partial charge in [0, 0.05) is 22.4 Å². The van der Waals surface area contributed by atoms with E-state index < -0.39 is 0 Å². The molecule has 3 rings (SSSR count). The van der Waals surface area contributed by atoms with Gasteiger partial charge in [-0.2, -0.15) is 4.39 Å². The molecule has 2 heterocycles. The smallest absolute Gasteiger partial charge is 0.323 e. The molecule has 0 amide bonds. The maximum atomic E-state index is 13.2.